The molecule has 2 aromatic rings. The molecule has 0 atom stereocenters. The van der Waals surface area contributed by atoms with Gasteiger partial charge in [-0.05, 0) is 24.0 Å². The fourth-order valence-electron chi connectivity index (χ4n) is 2.89. The van der Waals surface area contributed by atoms with Crippen LogP contribution in [0.3, 0.4) is 0 Å². The molecule has 0 aromatic heterocycles. The second kappa shape index (κ2) is 14.9. The molecule has 35 heavy (non-hydrogen) atoms. The number of esters is 1. The van der Waals surface area contributed by atoms with Crippen molar-refractivity contribution in [1.29, 1.82) is 0 Å². The Balaban J connectivity index is 1.74. The normalized spacial score (nSPS) is 12.1. The van der Waals surface area contributed by atoms with Crippen molar-refractivity contribution in [3.63, 3.8) is 0 Å². The zero-order chi connectivity index (χ0) is 25.6. The van der Waals surface area contributed by atoms with E-state index < -0.39 is 43.9 Å². The molecule has 2 rings (SSSR count). The van der Waals surface area contributed by atoms with Gasteiger partial charge in [-0.1, -0.05) is 60.7 Å². The molecule has 0 aliphatic heterocycles. The molecule has 2 aromatic carbocycles. The maximum Gasteiger partial charge on any atom is 0.305 e. The summed E-state index contributed by atoms with van der Waals surface area (Å²) in [6, 6.07) is 19.1. The van der Waals surface area contributed by atoms with Crippen molar-refractivity contribution >= 4 is 26.0 Å². The predicted molar refractivity (Wildman–Crippen MR) is 131 cm³/mol. The summed E-state index contributed by atoms with van der Waals surface area (Å²) in [5.74, 6) is -1.74. The van der Waals surface area contributed by atoms with Crippen molar-refractivity contribution in [3.8, 4) is 0 Å². The topological polar surface area (TPSA) is 137 Å². The molecule has 0 heterocycles. The number of carbonyl (C=O) groups excluding carboxylic acids is 1. The Morgan fingerprint density at radius 3 is 1.49 bits per heavy atom. The number of benzene rings is 2. The molecule has 0 aliphatic carbocycles. The Kier molecular flexibility index (Phi) is 12.3. The number of hydrogen-bond donors (Lipinski definition) is 2. The smallest absolute Gasteiger partial charge is 0.305 e. The third kappa shape index (κ3) is 13.4. The van der Waals surface area contributed by atoms with Crippen molar-refractivity contribution in [3.05, 3.63) is 71.8 Å². The van der Waals surface area contributed by atoms with Gasteiger partial charge in [-0.25, -0.2) is 16.8 Å². The Bertz CT molecular complexity index is 1010. The van der Waals surface area contributed by atoms with E-state index in [1.54, 1.807) is 0 Å². The third-order valence-electron chi connectivity index (χ3n) is 4.61. The van der Waals surface area contributed by atoms with E-state index in [4.69, 9.17) is 14.2 Å². The summed E-state index contributed by atoms with van der Waals surface area (Å²) in [5, 5.41) is 0. The van der Waals surface area contributed by atoms with E-state index in [9.17, 15) is 21.6 Å². The van der Waals surface area contributed by atoms with Gasteiger partial charge >= 0.3 is 5.97 Å². The highest BCUT2D eigenvalue weighted by atomic mass is 32.2. The molecule has 0 saturated heterocycles. The van der Waals surface area contributed by atoms with Gasteiger partial charge in [-0.15, -0.1) is 0 Å². The lowest BCUT2D eigenvalue weighted by atomic mass is 10.2. The number of nitrogens with one attached hydrogen (secondary N) is 2. The highest BCUT2D eigenvalue weighted by Gasteiger charge is 2.25. The van der Waals surface area contributed by atoms with Crippen molar-refractivity contribution in [2.75, 3.05) is 37.9 Å². The minimum absolute atomic E-state index is 0.114. The second-order valence-corrected chi connectivity index (χ2v) is 11.3. The maximum absolute atomic E-state index is 12.3. The molecular formula is C23H32N2O8S2. The monoisotopic (exact) mass is 528 g/mol. The predicted octanol–water partition coefficient (Wildman–Crippen LogP) is 1.19. The average Bonchev–Trinajstić information content (AvgIpc) is 2.79. The lowest BCUT2D eigenvalue weighted by Crippen LogP contribution is -2.51. The Hall–Kier alpha value is -2.35. The molecule has 0 spiro atoms. The minimum atomic E-state index is -4.01. The van der Waals surface area contributed by atoms with Gasteiger partial charge < -0.3 is 14.2 Å². The van der Waals surface area contributed by atoms with Gasteiger partial charge in [0.25, 0.3) is 0 Å². The third-order valence-corrected chi connectivity index (χ3v) is 7.16. The molecule has 10 nitrogen and oxygen atoms in total. The van der Waals surface area contributed by atoms with Crippen molar-refractivity contribution in [2.45, 2.75) is 26.1 Å². The van der Waals surface area contributed by atoms with E-state index in [0.29, 0.717) is 26.1 Å². The fraction of sp³-hybridized carbons (Fsp3) is 0.435. The van der Waals surface area contributed by atoms with E-state index in [2.05, 4.69) is 0 Å². The highest BCUT2D eigenvalue weighted by molar-refractivity contribution is 7.90. The van der Waals surface area contributed by atoms with Crippen LogP contribution >= 0.6 is 0 Å². The molecule has 0 amide bonds. The number of sulfonamides is 2. The number of rotatable bonds is 17. The second-order valence-electron chi connectivity index (χ2n) is 7.56. The Morgan fingerprint density at radius 1 is 0.714 bits per heavy atom. The molecule has 0 unspecified atom stereocenters. The summed E-state index contributed by atoms with van der Waals surface area (Å²) in [5.41, 5.74) is 2.11. The standard InChI is InChI=1S/C23H32N2O8S2/c1-20(26)33-23(24-34(27,28)18-16-31-14-12-21-8-4-2-5-9-21)25-35(29,30)19-17-32-15-13-22-10-6-3-7-11-22/h2-11,23-25H,12-19H2,1H3. The van der Waals surface area contributed by atoms with Crippen LogP contribution in [-0.4, -0.2) is 67.1 Å². The Labute approximate surface area is 207 Å². The van der Waals surface area contributed by atoms with E-state index >= 15 is 0 Å². The molecular weight excluding hydrogens is 496 g/mol. The quantitative estimate of drug-likeness (QED) is 0.177. The molecule has 2 N–H and O–H groups in total. The number of hydrogen-bond acceptors (Lipinski definition) is 8. The van der Waals surface area contributed by atoms with Crippen LogP contribution in [0.15, 0.2) is 60.7 Å². The van der Waals surface area contributed by atoms with Gasteiger partial charge in [0.2, 0.25) is 26.4 Å². The van der Waals surface area contributed by atoms with Gasteiger partial charge in [0.05, 0.1) is 37.9 Å². The molecule has 0 radical (unpaired) electrons. The van der Waals surface area contributed by atoms with Gasteiger partial charge in [0.1, 0.15) is 0 Å². The molecule has 194 valence electrons. The fourth-order valence-corrected chi connectivity index (χ4v) is 4.74. The molecule has 0 aliphatic rings. The molecule has 0 fully saturated rings. The van der Waals surface area contributed by atoms with Crippen LogP contribution in [0.1, 0.15) is 18.1 Å². The largest absolute Gasteiger partial charge is 0.431 e. The number of carbonyl (C=O) groups is 1. The van der Waals surface area contributed by atoms with E-state index in [-0.39, 0.29) is 13.2 Å². The van der Waals surface area contributed by atoms with Crippen LogP contribution in [0.25, 0.3) is 0 Å². The van der Waals surface area contributed by atoms with Crippen LogP contribution in [0.5, 0.6) is 0 Å². The van der Waals surface area contributed by atoms with Crippen LogP contribution in [0, 0.1) is 0 Å². The zero-order valence-electron chi connectivity index (χ0n) is 19.6. The average molecular weight is 529 g/mol. The summed E-state index contributed by atoms with van der Waals surface area (Å²) < 4.78 is 68.9. The van der Waals surface area contributed by atoms with Crippen LogP contribution in [-0.2, 0) is 51.9 Å². The van der Waals surface area contributed by atoms with Gasteiger partial charge in [-0.3, -0.25) is 4.79 Å². The van der Waals surface area contributed by atoms with E-state index in [0.717, 1.165) is 18.1 Å². The maximum atomic E-state index is 12.3. The lowest BCUT2D eigenvalue weighted by molar-refractivity contribution is -0.147. The van der Waals surface area contributed by atoms with Crippen LogP contribution < -0.4 is 9.44 Å². The molecule has 0 bridgehead atoms. The van der Waals surface area contributed by atoms with E-state index in [1.165, 1.54) is 0 Å². The van der Waals surface area contributed by atoms with E-state index in [1.807, 2.05) is 70.1 Å². The minimum Gasteiger partial charge on any atom is -0.431 e. The number of ether oxygens (including phenoxy) is 3. The SMILES string of the molecule is CC(=O)OC(NS(=O)(=O)CCOCCc1ccccc1)NS(=O)(=O)CCOCCc1ccccc1. The first kappa shape index (κ1) is 28.9. The summed E-state index contributed by atoms with van der Waals surface area (Å²) in [6.07, 6.45) is -0.536. The molecule has 12 heteroatoms. The van der Waals surface area contributed by atoms with Crippen LogP contribution in [0.2, 0.25) is 0 Å². The van der Waals surface area contributed by atoms with Crippen molar-refractivity contribution in [1.82, 2.24) is 9.44 Å². The summed E-state index contributed by atoms with van der Waals surface area (Å²) in [6.45, 7) is 1.45. The van der Waals surface area contributed by atoms with Crippen molar-refractivity contribution < 1.29 is 35.8 Å². The first-order valence-corrected chi connectivity index (χ1v) is 14.4. The molecule has 0 saturated carbocycles. The van der Waals surface area contributed by atoms with Gasteiger partial charge in [0, 0.05) is 6.92 Å². The van der Waals surface area contributed by atoms with Gasteiger partial charge in [-0.2, -0.15) is 9.44 Å². The van der Waals surface area contributed by atoms with Gasteiger partial charge in [0.15, 0.2) is 0 Å². The Morgan fingerprint density at radius 2 is 1.11 bits per heavy atom. The summed E-state index contributed by atoms with van der Waals surface area (Å²) in [7, 11) is -8.03. The summed E-state index contributed by atoms with van der Waals surface area (Å²) >= 11 is 0. The van der Waals surface area contributed by atoms with Crippen molar-refractivity contribution in [2.24, 2.45) is 0 Å². The summed E-state index contributed by atoms with van der Waals surface area (Å²) in [4.78, 5) is 11.4. The first-order valence-electron chi connectivity index (χ1n) is 11.1. The lowest BCUT2D eigenvalue weighted by Gasteiger charge is -2.19. The highest BCUT2D eigenvalue weighted by Crippen LogP contribution is 2.02. The zero-order valence-corrected chi connectivity index (χ0v) is 21.2. The van der Waals surface area contributed by atoms with Crippen LogP contribution in [0.4, 0.5) is 0 Å². The first-order chi connectivity index (χ1) is 16.7.